The van der Waals surface area contributed by atoms with Crippen LogP contribution in [0.1, 0.15) is 24.3 Å². The summed E-state index contributed by atoms with van der Waals surface area (Å²) in [6, 6.07) is 7.34. The molecule has 0 aliphatic heterocycles. The van der Waals surface area contributed by atoms with E-state index in [1.165, 1.54) is 0 Å². The largest absolute Gasteiger partial charge is 0.494 e. The van der Waals surface area contributed by atoms with Crippen LogP contribution in [-0.2, 0) is 4.74 Å². The number of hydrogen-bond acceptors (Lipinski definition) is 5. The molecule has 1 aromatic carbocycles. The molecule has 0 radical (unpaired) electrons. The molecule has 6 nitrogen and oxygen atoms in total. The van der Waals surface area contributed by atoms with Gasteiger partial charge in [-0.15, -0.1) is 0 Å². The van der Waals surface area contributed by atoms with Crippen LogP contribution in [-0.4, -0.2) is 29.4 Å². The first-order valence-electron chi connectivity index (χ1n) is 6.41. The maximum atomic E-state index is 11.7. The van der Waals surface area contributed by atoms with Gasteiger partial charge in [-0.1, -0.05) is 0 Å². The van der Waals surface area contributed by atoms with Gasteiger partial charge >= 0.3 is 5.97 Å². The maximum Gasteiger partial charge on any atom is 0.358 e. The summed E-state index contributed by atoms with van der Waals surface area (Å²) in [5, 5.41) is 6.69. The number of benzene rings is 1. The standard InChI is InChI=1S/C14H17N3O3/c1-3-19-10-7-5-9(6-8-10)12-11(15)13(17-16-12)14(18)20-4-2/h5-8H,3-4,15H2,1-2H3,(H,16,17). The zero-order valence-electron chi connectivity index (χ0n) is 11.5. The Morgan fingerprint density at radius 3 is 2.55 bits per heavy atom. The van der Waals surface area contributed by atoms with Crippen molar-refractivity contribution >= 4 is 11.7 Å². The summed E-state index contributed by atoms with van der Waals surface area (Å²) in [6.07, 6.45) is 0. The van der Waals surface area contributed by atoms with Gasteiger partial charge in [-0.2, -0.15) is 5.10 Å². The topological polar surface area (TPSA) is 90.2 Å². The summed E-state index contributed by atoms with van der Waals surface area (Å²) in [5.41, 5.74) is 7.73. The Labute approximate surface area is 116 Å². The molecule has 0 fully saturated rings. The minimum atomic E-state index is -0.505. The van der Waals surface area contributed by atoms with Crippen LogP contribution < -0.4 is 10.5 Å². The van der Waals surface area contributed by atoms with Gasteiger partial charge in [-0.05, 0) is 38.1 Å². The van der Waals surface area contributed by atoms with Crippen LogP contribution >= 0.6 is 0 Å². The first kappa shape index (κ1) is 13.9. The number of H-pyrrole nitrogens is 1. The van der Waals surface area contributed by atoms with Crippen molar-refractivity contribution in [2.45, 2.75) is 13.8 Å². The van der Waals surface area contributed by atoms with Crippen molar-refractivity contribution in [2.24, 2.45) is 0 Å². The Kier molecular flexibility index (Phi) is 4.24. The summed E-state index contributed by atoms with van der Waals surface area (Å²) in [6.45, 7) is 4.55. The molecule has 2 aromatic rings. The van der Waals surface area contributed by atoms with Crippen LogP contribution in [0.3, 0.4) is 0 Å². The molecule has 0 saturated heterocycles. The first-order valence-corrected chi connectivity index (χ1v) is 6.41. The van der Waals surface area contributed by atoms with E-state index in [-0.39, 0.29) is 18.0 Å². The summed E-state index contributed by atoms with van der Waals surface area (Å²) in [4.78, 5) is 11.7. The number of esters is 1. The second-order valence-corrected chi connectivity index (χ2v) is 4.04. The van der Waals surface area contributed by atoms with Gasteiger partial charge in [0.1, 0.15) is 11.4 Å². The lowest BCUT2D eigenvalue weighted by atomic mass is 10.1. The predicted octanol–water partition coefficient (Wildman–Crippen LogP) is 2.23. The third kappa shape index (κ3) is 2.74. The average molecular weight is 275 g/mol. The molecular formula is C14H17N3O3. The van der Waals surface area contributed by atoms with Gasteiger partial charge < -0.3 is 15.2 Å². The number of aromatic nitrogens is 2. The summed E-state index contributed by atoms with van der Waals surface area (Å²) in [5.74, 6) is 0.269. The SMILES string of the molecule is CCOC(=O)c1[nH]nc(-c2ccc(OCC)cc2)c1N. The smallest absolute Gasteiger partial charge is 0.358 e. The van der Waals surface area contributed by atoms with Crippen molar-refractivity contribution in [2.75, 3.05) is 18.9 Å². The molecule has 0 unspecified atom stereocenters. The van der Waals surface area contributed by atoms with Crippen molar-refractivity contribution in [3.8, 4) is 17.0 Å². The molecule has 0 saturated carbocycles. The fourth-order valence-electron chi connectivity index (χ4n) is 1.81. The summed E-state index contributed by atoms with van der Waals surface area (Å²) in [7, 11) is 0. The predicted molar refractivity (Wildman–Crippen MR) is 75.6 cm³/mol. The van der Waals surface area contributed by atoms with E-state index in [2.05, 4.69) is 10.2 Å². The van der Waals surface area contributed by atoms with E-state index in [1.807, 2.05) is 31.2 Å². The van der Waals surface area contributed by atoms with Crippen LogP contribution in [0.25, 0.3) is 11.3 Å². The molecule has 1 heterocycles. The van der Waals surface area contributed by atoms with Crippen LogP contribution in [0.2, 0.25) is 0 Å². The first-order chi connectivity index (χ1) is 9.67. The Balaban J connectivity index is 2.27. The molecule has 3 N–H and O–H groups in total. The number of carbonyl (C=O) groups is 1. The Bertz CT molecular complexity index is 590. The normalized spacial score (nSPS) is 10.3. The summed E-state index contributed by atoms with van der Waals surface area (Å²) < 4.78 is 10.3. The molecule has 0 bridgehead atoms. The minimum absolute atomic E-state index is 0.177. The van der Waals surface area contributed by atoms with E-state index in [9.17, 15) is 4.79 Å². The van der Waals surface area contributed by atoms with Crippen LogP contribution in [0.4, 0.5) is 5.69 Å². The number of hydrogen-bond donors (Lipinski definition) is 2. The number of nitrogens with two attached hydrogens (primary N) is 1. The van der Waals surface area contributed by atoms with Gasteiger partial charge in [-0.3, -0.25) is 5.10 Å². The van der Waals surface area contributed by atoms with Crippen molar-refractivity contribution in [1.29, 1.82) is 0 Å². The van der Waals surface area contributed by atoms with Gasteiger partial charge in [0.05, 0.1) is 18.9 Å². The van der Waals surface area contributed by atoms with Crippen molar-refractivity contribution in [1.82, 2.24) is 10.2 Å². The second kappa shape index (κ2) is 6.10. The maximum absolute atomic E-state index is 11.7. The van der Waals surface area contributed by atoms with Gasteiger partial charge in [0.15, 0.2) is 5.69 Å². The minimum Gasteiger partial charge on any atom is -0.494 e. The number of rotatable bonds is 5. The van der Waals surface area contributed by atoms with E-state index in [0.29, 0.717) is 12.3 Å². The van der Waals surface area contributed by atoms with Crippen LogP contribution in [0, 0.1) is 0 Å². The molecule has 2 rings (SSSR count). The average Bonchev–Trinajstić information content (AvgIpc) is 2.82. The third-order valence-corrected chi connectivity index (χ3v) is 2.72. The molecule has 6 heteroatoms. The highest BCUT2D eigenvalue weighted by Gasteiger charge is 2.18. The molecule has 0 amide bonds. The molecule has 106 valence electrons. The lowest BCUT2D eigenvalue weighted by Gasteiger charge is -2.04. The number of anilines is 1. The van der Waals surface area contributed by atoms with Crippen molar-refractivity contribution in [3.63, 3.8) is 0 Å². The van der Waals surface area contributed by atoms with E-state index in [1.54, 1.807) is 6.92 Å². The summed E-state index contributed by atoms with van der Waals surface area (Å²) >= 11 is 0. The molecule has 1 aromatic heterocycles. The fourth-order valence-corrected chi connectivity index (χ4v) is 1.81. The Morgan fingerprint density at radius 2 is 1.95 bits per heavy atom. The molecule has 0 aliphatic rings. The molecule has 0 atom stereocenters. The monoisotopic (exact) mass is 275 g/mol. The zero-order chi connectivity index (χ0) is 14.5. The number of ether oxygens (including phenoxy) is 2. The molecule has 0 spiro atoms. The van der Waals surface area contributed by atoms with Crippen molar-refractivity contribution in [3.05, 3.63) is 30.0 Å². The third-order valence-electron chi connectivity index (χ3n) is 2.72. The Hall–Kier alpha value is -2.50. The van der Waals surface area contributed by atoms with Crippen LogP contribution in [0.5, 0.6) is 5.75 Å². The van der Waals surface area contributed by atoms with Gasteiger partial charge in [-0.25, -0.2) is 4.79 Å². The number of carbonyl (C=O) groups excluding carboxylic acids is 1. The lowest BCUT2D eigenvalue weighted by Crippen LogP contribution is -2.07. The highest BCUT2D eigenvalue weighted by Crippen LogP contribution is 2.28. The zero-order valence-corrected chi connectivity index (χ0v) is 11.5. The number of nitrogen functional groups attached to an aromatic ring is 1. The van der Waals surface area contributed by atoms with Gasteiger partial charge in [0.25, 0.3) is 0 Å². The quantitative estimate of drug-likeness (QED) is 0.817. The van der Waals surface area contributed by atoms with E-state index in [0.717, 1.165) is 11.3 Å². The van der Waals surface area contributed by atoms with E-state index in [4.69, 9.17) is 15.2 Å². The number of aromatic amines is 1. The molecule has 0 aliphatic carbocycles. The number of nitrogens with one attached hydrogen (secondary N) is 1. The lowest BCUT2D eigenvalue weighted by molar-refractivity contribution is 0.0520. The molecule has 20 heavy (non-hydrogen) atoms. The van der Waals surface area contributed by atoms with Gasteiger partial charge in [0.2, 0.25) is 0 Å². The highest BCUT2D eigenvalue weighted by molar-refractivity contribution is 5.96. The van der Waals surface area contributed by atoms with E-state index >= 15 is 0 Å². The number of nitrogens with zero attached hydrogens (tertiary/aromatic N) is 1. The van der Waals surface area contributed by atoms with Gasteiger partial charge in [0, 0.05) is 5.56 Å². The molecular weight excluding hydrogens is 258 g/mol. The second-order valence-electron chi connectivity index (χ2n) is 4.04. The van der Waals surface area contributed by atoms with Crippen molar-refractivity contribution < 1.29 is 14.3 Å². The van der Waals surface area contributed by atoms with E-state index < -0.39 is 5.97 Å². The fraction of sp³-hybridized carbons (Fsp3) is 0.286. The highest BCUT2D eigenvalue weighted by atomic mass is 16.5. The van der Waals surface area contributed by atoms with Crippen LogP contribution in [0.15, 0.2) is 24.3 Å². The Morgan fingerprint density at radius 1 is 1.25 bits per heavy atom.